The van der Waals surface area contributed by atoms with Crippen molar-refractivity contribution in [1.29, 1.82) is 0 Å². The Balaban J connectivity index is 1.46. The highest BCUT2D eigenvalue weighted by molar-refractivity contribution is 5.93. The van der Waals surface area contributed by atoms with Crippen LogP contribution in [0.25, 0.3) is 0 Å². The van der Waals surface area contributed by atoms with Gasteiger partial charge in [-0.1, -0.05) is 12.1 Å². The van der Waals surface area contributed by atoms with Crippen LogP contribution in [0, 0.1) is 19.8 Å². The van der Waals surface area contributed by atoms with Gasteiger partial charge in [0.05, 0.1) is 19.8 Å². The third-order valence-corrected chi connectivity index (χ3v) is 4.91. The van der Waals surface area contributed by atoms with E-state index in [1.807, 2.05) is 19.1 Å². The minimum Gasteiger partial charge on any atom is -0.350 e. The fraction of sp³-hybridized carbons (Fsp3) is 0.611. The molecule has 0 spiro atoms. The minimum absolute atomic E-state index is 0.0269. The molecule has 23 heavy (non-hydrogen) atoms. The van der Waals surface area contributed by atoms with Gasteiger partial charge in [-0.2, -0.15) is 0 Å². The molecule has 2 aliphatic heterocycles. The maximum absolute atomic E-state index is 12.3. The molecular formula is C18H26N2O3. The van der Waals surface area contributed by atoms with Gasteiger partial charge in [-0.05, 0) is 57.0 Å². The van der Waals surface area contributed by atoms with Crippen molar-refractivity contribution in [1.82, 2.24) is 4.90 Å². The molecule has 126 valence electrons. The standard InChI is InChI=1S/C18H26N2O3/c1-13-4-3-5-16(14(13)2)19-17(21)12-20-8-6-15(7-9-20)18-22-10-11-23-18/h3-5,15,18H,6-12H2,1-2H3,(H,19,21). The van der Waals surface area contributed by atoms with E-state index in [9.17, 15) is 4.79 Å². The van der Waals surface area contributed by atoms with Gasteiger partial charge < -0.3 is 14.8 Å². The molecule has 2 heterocycles. The van der Waals surface area contributed by atoms with Crippen LogP contribution < -0.4 is 5.32 Å². The largest absolute Gasteiger partial charge is 0.350 e. The summed E-state index contributed by atoms with van der Waals surface area (Å²) in [6, 6.07) is 6.00. The zero-order valence-electron chi connectivity index (χ0n) is 14.0. The first-order chi connectivity index (χ1) is 11.1. The van der Waals surface area contributed by atoms with Crippen LogP contribution in [0.15, 0.2) is 18.2 Å². The van der Waals surface area contributed by atoms with Crippen molar-refractivity contribution in [3.8, 4) is 0 Å². The summed E-state index contributed by atoms with van der Waals surface area (Å²) < 4.78 is 11.2. The smallest absolute Gasteiger partial charge is 0.238 e. The summed E-state index contributed by atoms with van der Waals surface area (Å²) in [6.07, 6.45) is 2.03. The molecule has 1 aromatic rings. The molecule has 0 aliphatic carbocycles. The van der Waals surface area contributed by atoms with E-state index >= 15 is 0 Å². The number of nitrogens with one attached hydrogen (secondary N) is 1. The number of rotatable bonds is 4. The van der Waals surface area contributed by atoms with E-state index in [1.54, 1.807) is 0 Å². The Labute approximate surface area is 137 Å². The summed E-state index contributed by atoms with van der Waals surface area (Å²) >= 11 is 0. The predicted octanol–water partition coefficient (Wildman–Crippen LogP) is 2.33. The minimum atomic E-state index is -0.0269. The van der Waals surface area contributed by atoms with Gasteiger partial charge in [-0.25, -0.2) is 0 Å². The molecule has 0 radical (unpaired) electrons. The third kappa shape index (κ3) is 4.10. The van der Waals surface area contributed by atoms with Gasteiger partial charge in [-0.3, -0.25) is 9.69 Å². The zero-order chi connectivity index (χ0) is 16.2. The topological polar surface area (TPSA) is 50.8 Å². The number of aryl methyl sites for hydroxylation is 1. The fourth-order valence-electron chi connectivity index (χ4n) is 3.31. The van der Waals surface area contributed by atoms with Crippen LogP contribution >= 0.6 is 0 Å². The molecule has 2 saturated heterocycles. The lowest BCUT2D eigenvalue weighted by Crippen LogP contribution is -2.41. The number of benzene rings is 1. The highest BCUT2D eigenvalue weighted by Crippen LogP contribution is 2.25. The first-order valence-corrected chi connectivity index (χ1v) is 8.45. The summed E-state index contributed by atoms with van der Waals surface area (Å²) in [7, 11) is 0. The number of hydrogen-bond donors (Lipinski definition) is 1. The van der Waals surface area contributed by atoms with Crippen molar-refractivity contribution >= 4 is 11.6 Å². The number of anilines is 1. The Kier molecular flexibility index (Phi) is 5.30. The number of likely N-dealkylation sites (tertiary alicyclic amines) is 1. The molecule has 1 aromatic carbocycles. The van der Waals surface area contributed by atoms with Gasteiger partial charge in [0.15, 0.2) is 6.29 Å². The molecule has 5 heteroatoms. The van der Waals surface area contributed by atoms with E-state index in [0.29, 0.717) is 25.7 Å². The van der Waals surface area contributed by atoms with Gasteiger partial charge in [0.1, 0.15) is 0 Å². The first-order valence-electron chi connectivity index (χ1n) is 8.45. The fourth-order valence-corrected chi connectivity index (χ4v) is 3.31. The summed E-state index contributed by atoms with van der Waals surface area (Å²) in [5.41, 5.74) is 3.24. The van der Waals surface area contributed by atoms with Crippen LogP contribution in [-0.2, 0) is 14.3 Å². The number of amides is 1. The second-order valence-electron chi connectivity index (χ2n) is 6.52. The average Bonchev–Trinajstić information content (AvgIpc) is 3.07. The van der Waals surface area contributed by atoms with E-state index in [0.717, 1.165) is 37.2 Å². The van der Waals surface area contributed by atoms with E-state index < -0.39 is 0 Å². The summed E-state index contributed by atoms with van der Waals surface area (Å²) in [4.78, 5) is 14.5. The van der Waals surface area contributed by atoms with Crippen LogP contribution in [0.2, 0.25) is 0 Å². The van der Waals surface area contributed by atoms with Crippen LogP contribution in [0.4, 0.5) is 5.69 Å². The number of carbonyl (C=O) groups excluding carboxylic acids is 1. The van der Waals surface area contributed by atoms with E-state index in [2.05, 4.69) is 23.2 Å². The van der Waals surface area contributed by atoms with Crippen molar-refractivity contribution in [2.45, 2.75) is 33.0 Å². The van der Waals surface area contributed by atoms with Gasteiger partial charge in [0.25, 0.3) is 0 Å². The van der Waals surface area contributed by atoms with Crippen LogP contribution in [-0.4, -0.2) is 49.9 Å². The van der Waals surface area contributed by atoms with E-state index in [1.165, 1.54) is 5.56 Å². The summed E-state index contributed by atoms with van der Waals surface area (Å²) in [5, 5.41) is 3.03. The van der Waals surface area contributed by atoms with Gasteiger partial charge in [-0.15, -0.1) is 0 Å². The molecule has 1 amide bonds. The monoisotopic (exact) mass is 318 g/mol. The number of nitrogens with zero attached hydrogens (tertiary/aromatic N) is 1. The van der Waals surface area contributed by atoms with Crippen LogP contribution in [0.1, 0.15) is 24.0 Å². The number of hydrogen-bond acceptors (Lipinski definition) is 4. The molecule has 1 N–H and O–H groups in total. The molecular weight excluding hydrogens is 292 g/mol. The van der Waals surface area contributed by atoms with Gasteiger partial charge in [0.2, 0.25) is 5.91 Å². The van der Waals surface area contributed by atoms with Crippen molar-refractivity contribution in [3.05, 3.63) is 29.3 Å². The Morgan fingerprint density at radius 3 is 2.61 bits per heavy atom. The normalized spacial score (nSPS) is 20.8. The van der Waals surface area contributed by atoms with Crippen molar-refractivity contribution < 1.29 is 14.3 Å². The summed E-state index contributed by atoms with van der Waals surface area (Å²) in [6.45, 7) is 7.82. The lowest BCUT2D eigenvalue weighted by atomic mass is 9.96. The molecule has 0 aromatic heterocycles. The SMILES string of the molecule is Cc1cccc(NC(=O)CN2CCC(C3OCCO3)CC2)c1C. The molecule has 3 rings (SSSR count). The Hall–Kier alpha value is -1.43. The maximum Gasteiger partial charge on any atom is 0.238 e. The van der Waals surface area contributed by atoms with Gasteiger partial charge >= 0.3 is 0 Å². The number of piperidine rings is 1. The predicted molar refractivity (Wildman–Crippen MR) is 89.4 cm³/mol. The third-order valence-electron chi connectivity index (χ3n) is 4.91. The Morgan fingerprint density at radius 1 is 1.22 bits per heavy atom. The van der Waals surface area contributed by atoms with E-state index in [-0.39, 0.29) is 12.2 Å². The Bertz CT molecular complexity index is 547. The lowest BCUT2D eigenvalue weighted by Gasteiger charge is -2.33. The maximum atomic E-state index is 12.3. The molecule has 2 aliphatic rings. The van der Waals surface area contributed by atoms with Crippen molar-refractivity contribution in [3.63, 3.8) is 0 Å². The molecule has 0 atom stereocenters. The Morgan fingerprint density at radius 2 is 1.91 bits per heavy atom. The molecule has 0 bridgehead atoms. The van der Waals surface area contributed by atoms with E-state index in [4.69, 9.17) is 9.47 Å². The molecule has 5 nitrogen and oxygen atoms in total. The number of ether oxygens (including phenoxy) is 2. The zero-order valence-corrected chi connectivity index (χ0v) is 14.0. The quantitative estimate of drug-likeness (QED) is 0.926. The highest BCUT2D eigenvalue weighted by atomic mass is 16.7. The van der Waals surface area contributed by atoms with Gasteiger partial charge in [0, 0.05) is 11.6 Å². The number of carbonyl (C=O) groups is 1. The highest BCUT2D eigenvalue weighted by Gasteiger charge is 2.30. The molecule has 2 fully saturated rings. The summed E-state index contributed by atoms with van der Waals surface area (Å²) in [5.74, 6) is 0.529. The molecule has 0 saturated carbocycles. The van der Waals surface area contributed by atoms with Crippen molar-refractivity contribution in [2.75, 3.05) is 38.2 Å². The lowest BCUT2D eigenvalue weighted by molar-refractivity contribution is -0.119. The second kappa shape index (κ2) is 7.43. The van der Waals surface area contributed by atoms with Crippen molar-refractivity contribution in [2.24, 2.45) is 5.92 Å². The van der Waals surface area contributed by atoms with Crippen LogP contribution in [0.3, 0.4) is 0 Å². The second-order valence-corrected chi connectivity index (χ2v) is 6.52. The average molecular weight is 318 g/mol. The first kappa shape index (κ1) is 16.4. The molecule has 0 unspecified atom stereocenters. The van der Waals surface area contributed by atoms with Crippen LogP contribution in [0.5, 0.6) is 0 Å².